The Morgan fingerprint density at radius 3 is 2.52 bits per heavy atom. The maximum atomic E-state index is 13.0. The number of nitrogens with one attached hydrogen (secondary N) is 1. The highest BCUT2D eigenvalue weighted by Crippen LogP contribution is 2.26. The van der Waals surface area contributed by atoms with Gasteiger partial charge in [-0.05, 0) is 47.0 Å². The summed E-state index contributed by atoms with van der Waals surface area (Å²) >= 11 is 3.26. The van der Waals surface area contributed by atoms with Crippen LogP contribution in [0.2, 0.25) is 0 Å². The molecule has 3 rings (SSSR count). The molecule has 0 saturated carbocycles. The van der Waals surface area contributed by atoms with E-state index in [9.17, 15) is 18.0 Å². The lowest BCUT2D eigenvalue weighted by Crippen LogP contribution is -2.36. The molecule has 0 radical (unpaired) electrons. The Labute approximate surface area is 166 Å². The molecule has 1 aromatic heterocycles. The van der Waals surface area contributed by atoms with Crippen LogP contribution in [0.1, 0.15) is 19.3 Å². The number of rotatable bonds is 5. The van der Waals surface area contributed by atoms with Crippen molar-refractivity contribution in [1.82, 2.24) is 8.87 Å². The van der Waals surface area contributed by atoms with E-state index in [1.165, 1.54) is 27.2 Å². The van der Waals surface area contributed by atoms with Crippen molar-refractivity contribution in [3.8, 4) is 0 Å². The summed E-state index contributed by atoms with van der Waals surface area (Å²) in [6, 6.07) is 9.29. The minimum absolute atomic E-state index is 0.0711. The van der Waals surface area contributed by atoms with Gasteiger partial charge in [-0.1, -0.05) is 18.6 Å². The van der Waals surface area contributed by atoms with Crippen LogP contribution in [-0.2, 0) is 21.4 Å². The molecule has 9 heteroatoms. The molecule has 27 heavy (non-hydrogen) atoms. The Kier molecular flexibility index (Phi) is 6.13. The molecule has 7 nitrogen and oxygen atoms in total. The molecule has 2 aromatic rings. The number of benzene rings is 1. The van der Waals surface area contributed by atoms with Crippen molar-refractivity contribution in [2.75, 3.05) is 18.4 Å². The second kappa shape index (κ2) is 8.37. The second-order valence-electron chi connectivity index (χ2n) is 6.32. The first kappa shape index (κ1) is 19.8. The molecular formula is C18H20BrN3O4S. The van der Waals surface area contributed by atoms with E-state index in [1.807, 2.05) is 0 Å². The number of piperidine rings is 1. The van der Waals surface area contributed by atoms with E-state index in [2.05, 4.69) is 21.2 Å². The molecule has 1 N–H and O–H groups in total. The van der Waals surface area contributed by atoms with Gasteiger partial charge in [-0.25, -0.2) is 8.42 Å². The van der Waals surface area contributed by atoms with E-state index >= 15 is 0 Å². The zero-order valence-corrected chi connectivity index (χ0v) is 17.0. The Bertz CT molecular complexity index is 998. The maximum Gasteiger partial charge on any atom is 0.251 e. The van der Waals surface area contributed by atoms with E-state index in [0.717, 1.165) is 19.3 Å². The Balaban J connectivity index is 1.82. The van der Waals surface area contributed by atoms with E-state index in [4.69, 9.17) is 0 Å². The number of halogens is 1. The van der Waals surface area contributed by atoms with Gasteiger partial charge in [0.05, 0.1) is 5.69 Å². The molecule has 0 atom stereocenters. The molecule has 1 fully saturated rings. The molecule has 1 aliphatic heterocycles. The standard InChI is InChI=1S/C18H20BrN3O4S/c19-14-8-9-18(24)21(12-14)13-17(23)20-15-6-2-3-7-16(15)27(25,26)22-10-4-1-5-11-22/h2-3,6-9,12H,1,4-5,10-11,13H2,(H,20,23). The van der Waals surface area contributed by atoms with Gasteiger partial charge in [-0.3, -0.25) is 9.59 Å². The van der Waals surface area contributed by atoms with E-state index < -0.39 is 15.9 Å². The lowest BCUT2D eigenvalue weighted by molar-refractivity contribution is -0.116. The lowest BCUT2D eigenvalue weighted by Gasteiger charge is -2.26. The van der Waals surface area contributed by atoms with Crippen LogP contribution in [0.25, 0.3) is 0 Å². The smallest absolute Gasteiger partial charge is 0.251 e. The predicted molar refractivity (Wildman–Crippen MR) is 106 cm³/mol. The van der Waals surface area contributed by atoms with Crippen molar-refractivity contribution in [2.24, 2.45) is 0 Å². The maximum absolute atomic E-state index is 13.0. The zero-order valence-electron chi connectivity index (χ0n) is 14.6. The SMILES string of the molecule is O=C(Cn1cc(Br)ccc1=O)Nc1ccccc1S(=O)(=O)N1CCCCC1. The zero-order chi connectivity index (χ0) is 19.4. The van der Waals surface area contributed by atoms with E-state index in [1.54, 1.807) is 24.3 Å². The van der Waals surface area contributed by atoms with Crippen LogP contribution >= 0.6 is 15.9 Å². The Hall–Kier alpha value is -1.97. The number of amides is 1. The number of para-hydroxylation sites is 1. The monoisotopic (exact) mass is 453 g/mol. The number of pyridine rings is 1. The van der Waals surface area contributed by atoms with Crippen molar-refractivity contribution in [2.45, 2.75) is 30.7 Å². The molecule has 0 bridgehead atoms. The number of hydrogen-bond acceptors (Lipinski definition) is 4. The van der Waals surface area contributed by atoms with Crippen molar-refractivity contribution in [1.29, 1.82) is 0 Å². The van der Waals surface area contributed by atoms with Gasteiger partial charge < -0.3 is 9.88 Å². The van der Waals surface area contributed by atoms with Crippen LogP contribution in [0.4, 0.5) is 5.69 Å². The fourth-order valence-corrected chi connectivity index (χ4v) is 5.05. The highest BCUT2D eigenvalue weighted by atomic mass is 79.9. The van der Waals surface area contributed by atoms with Crippen LogP contribution in [0.5, 0.6) is 0 Å². The molecule has 0 aliphatic carbocycles. The molecule has 1 aromatic carbocycles. The number of anilines is 1. The number of sulfonamides is 1. The summed E-state index contributed by atoms with van der Waals surface area (Å²) in [4.78, 5) is 24.3. The molecular weight excluding hydrogens is 434 g/mol. The van der Waals surface area contributed by atoms with Crippen molar-refractivity contribution < 1.29 is 13.2 Å². The van der Waals surface area contributed by atoms with Gasteiger partial charge in [0.1, 0.15) is 11.4 Å². The van der Waals surface area contributed by atoms with Crippen LogP contribution in [0.15, 0.2) is 56.8 Å². The van der Waals surface area contributed by atoms with Gasteiger partial charge in [0.25, 0.3) is 5.56 Å². The average Bonchev–Trinajstić information content (AvgIpc) is 2.66. The molecule has 0 spiro atoms. The summed E-state index contributed by atoms with van der Waals surface area (Å²) in [6.07, 6.45) is 4.20. The van der Waals surface area contributed by atoms with Crippen molar-refractivity contribution in [3.63, 3.8) is 0 Å². The van der Waals surface area contributed by atoms with Gasteiger partial charge in [-0.2, -0.15) is 4.31 Å². The van der Waals surface area contributed by atoms with Gasteiger partial charge in [0, 0.05) is 29.8 Å². The third-order valence-electron chi connectivity index (χ3n) is 4.36. The first-order chi connectivity index (χ1) is 12.9. The highest BCUT2D eigenvalue weighted by molar-refractivity contribution is 9.10. The quantitative estimate of drug-likeness (QED) is 0.752. The minimum Gasteiger partial charge on any atom is -0.323 e. The van der Waals surface area contributed by atoms with Gasteiger partial charge >= 0.3 is 0 Å². The van der Waals surface area contributed by atoms with E-state index in [-0.39, 0.29) is 22.7 Å². The summed E-state index contributed by atoms with van der Waals surface area (Å²) in [6.45, 7) is 0.756. The van der Waals surface area contributed by atoms with Crippen LogP contribution in [0, 0.1) is 0 Å². The largest absolute Gasteiger partial charge is 0.323 e. The third-order valence-corrected chi connectivity index (χ3v) is 6.78. The molecule has 2 heterocycles. The molecule has 144 valence electrons. The van der Waals surface area contributed by atoms with E-state index in [0.29, 0.717) is 17.6 Å². The Morgan fingerprint density at radius 1 is 1.07 bits per heavy atom. The minimum atomic E-state index is -3.68. The number of hydrogen-bond donors (Lipinski definition) is 1. The van der Waals surface area contributed by atoms with Gasteiger partial charge in [-0.15, -0.1) is 0 Å². The number of carbonyl (C=O) groups is 1. The van der Waals surface area contributed by atoms with Crippen LogP contribution in [-0.4, -0.2) is 36.3 Å². The van der Waals surface area contributed by atoms with Gasteiger partial charge in [0.2, 0.25) is 15.9 Å². The molecule has 1 amide bonds. The average molecular weight is 454 g/mol. The molecule has 0 unspecified atom stereocenters. The topological polar surface area (TPSA) is 88.5 Å². The molecule has 1 aliphatic rings. The third kappa shape index (κ3) is 4.66. The number of carbonyl (C=O) groups excluding carboxylic acids is 1. The van der Waals surface area contributed by atoms with Crippen molar-refractivity contribution in [3.05, 3.63) is 57.4 Å². The summed E-state index contributed by atoms with van der Waals surface area (Å²) in [5.74, 6) is -0.475. The Morgan fingerprint density at radius 2 is 1.78 bits per heavy atom. The summed E-state index contributed by atoms with van der Waals surface area (Å²) < 4.78 is 29.3. The normalized spacial score (nSPS) is 15.4. The first-order valence-corrected chi connectivity index (χ1v) is 10.9. The number of aromatic nitrogens is 1. The fraction of sp³-hybridized carbons (Fsp3) is 0.333. The first-order valence-electron chi connectivity index (χ1n) is 8.63. The summed E-state index contributed by atoms with van der Waals surface area (Å²) in [5, 5.41) is 2.63. The van der Waals surface area contributed by atoms with Crippen LogP contribution < -0.4 is 10.9 Å². The van der Waals surface area contributed by atoms with Crippen LogP contribution in [0.3, 0.4) is 0 Å². The summed E-state index contributed by atoms with van der Waals surface area (Å²) in [7, 11) is -3.68. The summed E-state index contributed by atoms with van der Waals surface area (Å²) in [5.41, 5.74) is -0.0984. The predicted octanol–water partition coefficient (Wildman–Crippen LogP) is 2.42. The van der Waals surface area contributed by atoms with Gasteiger partial charge in [0.15, 0.2) is 0 Å². The molecule has 1 saturated heterocycles. The fourth-order valence-electron chi connectivity index (χ4n) is 3.01. The second-order valence-corrected chi connectivity index (χ2v) is 9.14. The number of nitrogens with zero attached hydrogens (tertiary/aromatic N) is 2. The lowest BCUT2D eigenvalue weighted by atomic mass is 10.2. The highest BCUT2D eigenvalue weighted by Gasteiger charge is 2.28. The van der Waals surface area contributed by atoms with Crippen molar-refractivity contribution >= 4 is 37.5 Å².